The number of guanidine groups is 1. The van der Waals surface area contributed by atoms with E-state index >= 15 is 0 Å². The number of rotatable bonds is 9. The second-order valence-electron chi connectivity index (χ2n) is 6.50. The maximum atomic E-state index is 4.48. The van der Waals surface area contributed by atoms with Crippen molar-refractivity contribution in [2.75, 3.05) is 39.8 Å². The van der Waals surface area contributed by atoms with Crippen LogP contribution in [0.3, 0.4) is 0 Å². The Morgan fingerprint density at radius 1 is 1.17 bits per heavy atom. The first-order chi connectivity index (χ1) is 11.8. The molecule has 1 aromatic rings. The molecule has 1 saturated heterocycles. The molecule has 0 atom stereocenters. The number of hydrogen-bond donors (Lipinski definition) is 2. The smallest absolute Gasteiger partial charge is 0.190 e. The van der Waals surface area contributed by atoms with Gasteiger partial charge in [-0.3, -0.25) is 4.99 Å². The van der Waals surface area contributed by atoms with Crippen molar-refractivity contribution in [3.05, 3.63) is 16.1 Å². The van der Waals surface area contributed by atoms with Crippen LogP contribution in [0, 0.1) is 6.92 Å². The Balaban J connectivity index is 1.47. The van der Waals surface area contributed by atoms with E-state index in [0.29, 0.717) is 0 Å². The molecule has 0 aromatic carbocycles. The van der Waals surface area contributed by atoms with Crippen LogP contribution in [0.25, 0.3) is 0 Å². The molecule has 2 heterocycles. The minimum Gasteiger partial charge on any atom is -0.356 e. The molecule has 1 aliphatic heterocycles. The minimum atomic E-state index is 0.873. The molecule has 136 valence electrons. The monoisotopic (exact) mass is 351 g/mol. The van der Waals surface area contributed by atoms with Gasteiger partial charge in [0.2, 0.25) is 0 Å². The van der Waals surface area contributed by atoms with Gasteiger partial charge in [-0.25, -0.2) is 4.98 Å². The maximum absolute atomic E-state index is 4.48. The fourth-order valence-corrected chi connectivity index (χ4v) is 3.73. The lowest BCUT2D eigenvalue weighted by Gasteiger charge is -2.26. The number of likely N-dealkylation sites (tertiary alicyclic amines) is 1. The Hall–Kier alpha value is -1.14. The largest absolute Gasteiger partial charge is 0.356 e. The quantitative estimate of drug-likeness (QED) is 0.408. The number of aryl methyl sites for hydroxylation is 1. The number of nitrogens with one attached hydrogen (secondary N) is 2. The molecular weight excluding hydrogens is 318 g/mol. The van der Waals surface area contributed by atoms with Gasteiger partial charge in [0.15, 0.2) is 5.96 Å². The van der Waals surface area contributed by atoms with Gasteiger partial charge in [0.05, 0.1) is 10.7 Å². The second kappa shape index (κ2) is 11.4. The van der Waals surface area contributed by atoms with Crippen molar-refractivity contribution in [1.29, 1.82) is 0 Å². The van der Waals surface area contributed by atoms with E-state index in [2.05, 4.69) is 30.9 Å². The Bertz CT molecular complexity index is 480. The summed E-state index contributed by atoms with van der Waals surface area (Å²) >= 11 is 1.71. The number of unbranched alkanes of at least 4 members (excludes halogenated alkanes) is 2. The predicted octanol–water partition coefficient (Wildman–Crippen LogP) is 2.82. The number of hydrogen-bond acceptors (Lipinski definition) is 4. The molecule has 5 nitrogen and oxygen atoms in total. The minimum absolute atomic E-state index is 0.873. The van der Waals surface area contributed by atoms with E-state index in [9.17, 15) is 0 Å². The third-order valence-electron chi connectivity index (χ3n) is 4.46. The van der Waals surface area contributed by atoms with Crippen molar-refractivity contribution in [1.82, 2.24) is 20.5 Å². The van der Waals surface area contributed by atoms with E-state index in [1.54, 1.807) is 11.3 Å². The molecule has 0 unspecified atom stereocenters. The van der Waals surface area contributed by atoms with Crippen molar-refractivity contribution in [3.63, 3.8) is 0 Å². The molecule has 1 aliphatic rings. The standard InChI is InChI=1S/C18H33N5S/c1-16-22-17(15-24-16)9-11-21-18(19-2)20-10-5-3-6-12-23-13-7-4-8-14-23/h15H,3-14H2,1-2H3,(H2,19,20,21). The second-order valence-corrected chi connectivity index (χ2v) is 7.56. The van der Waals surface area contributed by atoms with Gasteiger partial charge in [-0.2, -0.15) is 0 Å². The zero-order valence-electron chi connectivity index (χ0n) is 15.3. The molecule has 1 aromatic heterocycles. The van der Waals surface area contributed by atoms with Crippen molar-refractivity contribution in [3.8, 4) is 0 Å². The van der Waals surface area contributed by atoms with Crippen molar-refractivity contribution < 1.29 is 0 Å². The molecular formula is C18H33N5S. The van der Waals surface area contributed by atoms with Crippen LogP contribution in [0.1, 0.15) is 49.2 Å². The molecule has 6 heteroatoms. The number of nitrogens with zero attached hydrogens (tertiary/aromatic N) is 3. The van der Waals surface area contributed by atoms with Crippen LogP contribution in [0.4, 0.5) is 0 Å². The number of piperidine rings is 1. The van der Waals surface area contributed by atoms with Crippen LogP contribution >= 0.6 is 11.3 Å². The lowest BCUT2D eigenvalue weighted by atomic mass is 10.1. The number of aromatic nitrogens is 1. The summed E-state index contributed by atoms with van der Waals surface area (Å²) in [5.41, 5.74) is 1.16. The summed E-state index contributed by atoms with van der Waals surface area (Å²) in [5.74, 6) is 0.901. The molecule has 0 radical (unpaired) electrons. The van der Waals surface area contributed by atoms with Crippen molar-refractivity contribution in [2.24, 2.45) is 4.99 Å². The highest BCUT2D eigenvalue weighted by molar-refractivity contribution is 7.09. The van der Waals surface area contributed by atoms with E-state index in [4.69, 9.17) is 0 Å². The first-order valence-corrected chi connectivity index (χ1v) is 10.2. The van der Waals surface area contributed by atoms with Gasteiger partial charge in [0.25, 0.3) is 0 Å². The Morgan fingerprint density at radius 2 is 1.96 bits per heavy atom. The SMILES string of the molecule is CN=C(NCCCCCN1CCCCC1)NCCc1csc(C)n1. The van der Waals surface area contributed by atoms with Gasteiger partial charge in [0.1, 0.15) is 0 Å². The van der Waals surface area contributed by atoms with Crippen LogP contribution in [-0.4, -0.2) is 55.6 Å². The highest BCUT2D eigenvalue weighted by Crippen LogP contribution is 2.10. The lowest BCUT2D eigenvalue weighted by Crippen LogP contribution is -2.38. The van der Waals surface area contributed by atoms with Crippen molar-refractivity contribution >= 4 is 17.3 Å². The van der Waals surface area contributed by atoms with Gasteiger partial charge < -0.3 is 15.5 Å². The van der Waals surface area contributed by atoms with Crippen LogP contribution < -0.4 is 10.6 Å². The van der Waals surface area contributed by atoms with Gasteiger partial charge in [0, 0.05) is 31.9 Å². The molecule has 0 aliphatic carbocycles. The van der Waals surface area contributed by atoms with E-state index in [1.807, 2.05) is 14.0 Å². The van der Waals surface area contributed by atoms with E-state index in [-0.39, 0.29) is 0 Å². The average molecular weight is 352 g/mol. The van der Waals surface area contributed by atoms with Gasteiger partial charge in [-0.15, -0.1) is 11.3 Å². The molecule has 0 spiro atoms. The third kappa shape index (κ3) is 7.62. The van der Waals surface area contributed by atoms with Crippen molar-refractivity contribution in [2.45, 2.75) is 51.9 Å². The lowest BCUT2D eigenvalue weighted by molar-refractivity contribution is 0.224. The molecule has 1 fully saturated rings. The van der Waals surface area contributed by atoms with Crippen LogP contribution in [0.5, 0.6) is 0 Å². The highest BCUT2D eigenvalue weighted by Gasteiger charge is 2.08. The fourth-order valence-electron chi connectivity index (χ4n) is 3.08. The Labute approximate surface area is 151 Å². The van der Waals surface area contributed by atoms with Crippen LogP contribution in [0.2, 0.25) is 0 Å². The molecule has 24 heavy (non-hydrogen) atoms. The molecule has 0 bridgehead atoms. The molecule has 2 N–H and O–H groups in total. The summed E-state index contributed by atoms with van der Waals surface area (Å²) in [7, 11) is 1.83. The molecule has 0 saturated carbocycles. The van der Waals surface area contributed by atoms with Gasteiger partial charge in [-0.05, 0) is 52.2 Å². The summed E-state index contributed by atoms with van der Waals surface area (Å²) in [5, 5.41) is 10.0. The van der Waals surface area contributed by atoms with Crippen LogP contribution in [0.15, 0.2) is 10.4 Å². The van der Waals surface area contributed by atoms with E-state index < -0.39 is 0 Å². The summed E-state index contributed by atoms with van der Waals surface area (Å²) in [6, 6.07) is 0. The molecule has 0 amide bonds. The zero-order chi connectivity index (χ0) is 17.0. The fraction of sp³-hybridized carbons (Fsp3) is 0.778. The van der Waals surface area contributed by atoms with E-state index in [0.717, 1.165) is 36.2 Å². The summed E-state index contributed by atoms with van der Waals surface area (Å²) < 4.78 is 0. The number of thiazole rings is 1. The molecule has 2 rings (SSSR count). The maximum Gasteiger partial charge on any atom is 0.190 e. The summed E-state index contributed by atoms with van der Waals surface area (Å²) in [6.45, 7) is 7.82. The summed E-state index contributed by atoms with van der Waals surface area (Å²) in [4.78, 5) is 11.4. The zero-order valence-corrected chi connectivity index (χ0v) is 16.1. The first kappa shape index (κ1) is 19.2. The predicted molar refractivity (Wildman–Crippen MR) is 104 cm³/mol. The Morgan fingerprint density at radius 3 is 2.67 bits per heavy atom. The summed E-state index contributed by atoms with van der Waals surface area (Å²) in [6.07, 6.45) is 8.97. The normalized spacial score (nSPS) is 16.3. The first-order valence-electron chi connectivity index (χ1n) is 9.36. The van der Waals surface area contributed by atoms with Crippen LogP contribution in [-0.2, 0) is 6.42 Å². The number of aliphatic imine (C=N–C) groups is 1. The van der Waals surface area contributed by atoms with Gasteiger partial charge in [-0.1, -0.05) is 12.8 Å². The van der Waals surface area contributed by atoms with E-state index in [1.165, 1.54) is 58.2 Å². The average Bonchev–Trinajstić information content (AvgIpc) is 3.02. The van der Waals surface area contributed by atoms with Gasteiger partial charge >= 0.3 is 0 Å². The highest BCUT2D eigenvalue weighted by atomic mass is 32.1. The third-order valence-corrected chi connectivity index (χ3v) is 5.28. The Kier molecular flexibility index (Phi) is 9.13. The topological polar surface area (TPSA) is 52.6 Å².